The third-order valence-corrected chi connectivity index (χ3v) is 6.14. The van der Waals surface area contributed by atoms with Crippen LogP contribution < -0.4 is 4.72 Å². The fourth-order valence-corrected chi connectivity index (χ4v) is 4.23. The number of nitrogens with one attached hydrogen (secondary N) is 1. The van der Waals surface area contributed by atoms with Gasteiger partial charge < -0.3 is 4.90 Å². The summed E-state index contributed by atoms with van der Waals surface area (Å²) >= 11 is 11.9. The van der Waals surface area contributed by atoms with Gasteiger partial charge in [-0.05, 0) is 43.2 Å². The van der Waals surface area contributed by atoms with Crippen molar-refractivity contribution in [3.8, 4) is 0 Å². The number of ketones is 1. The van der Waals surface area contributed by atoms with E-state index in [-0.39, 0.29) is 28.9 Å². The van der Waals surface area contributed by atoms with Crippen LogP contribution in [-0.2, 0) is 10.0 Å². The average Bonchev–Trinajstić information content (AvgIpc) is 2.68. The maximum absolute atomic E-state index is 12.9. The second kappa shape index (κ2) is 8.73. The summed E-state index contributed by atoms with van der Waals surface area (Å²) in [6.45, 7) is 0.813. The molecule has 0 saturated carbocycles. The molecule has 2 aromatic carbocycles. The molecular weight excluding hydrogens is 435 g/mol. The van der Waals surface area contributed by atoms with Gasteiger partial charge in [-0.3, -0.25) is 14.3 Å². The van der Waals surface area contributed by atoms with Gasteiger partial charge in [-0.1, -0.05) is 35.3 Å². The number of likely N-dealkylation sites (tertiary alicyclic amines) is 1. The van der Waals surface area contributed by atoms with E-state index in [1.807, 2.05) is 0 Å². The summed E-state index contributed by atoms with van der Waals surface area (Å²) in [4.78, 5) is 27.3. The molecule has 0 bridgehead atoms. The van der Waals surface area contributed by atoms with Crippen molar-refractivity contribution in [2.75, 3.05) is 24.1 Å². The Morgan fingerprint density at radius 1 is 1.03 bits per heavy atom. The third-order valence-electron chi connectivity index (χ3n) is 4.81. The van der Waals surface area contributed by atoms with Crippen LogP contribution in [0.2, 0.25) is 10.0 Å². The van der Waals surface area contributed by atoms with Crippen LogP contribution in [-0.4, -0.2) is 44.4 Å². The van der Waals surface area contributed by atoms with Crippen molar-refractivity contribution in [2.45, 2.75) is 12.8 Å². The summed E-state index contributed by atoms with van der Waals surface area (Å²) in [6.07, 6.45) is 2.08. The lowest BCUT2D eigenvalue weighted by molar-refractivity contribution is 0.0651. The Kier molecular flexibility index (Phi) is 6.51. The highest BCUT2D eigenvalue weighted by molar-refractivity contribution is 7.92. The number of piperidine rings is 1. The lowest BCUT2D eigenvalue weighted by Crippen LogP contribution is -2.40. The second-order valence-electron chi connectivity index (χ2n) is 6.98. The Morgan fingerprint density at radius 3 is 2.31 bits per heavy atom. The summed E-state index contributed by atoms with van der Waals surface area (Å²) in [5.41, 5.74) is 1.04. The van der Waals surface area contributed by atoms with E-state index in [0.717, 1.165) is 6.26 Å². The highest BCUT2D eigenvalue weighted by Crippen LogP contribution is 2.28. The Morgan fingerprint density at radius 2 is 1.69 bits per heavy atom. The van der Waals surface area contributed by atoms with Gasteiger partial charge in [0.2, 0.25) is 10.0 Å². The summed E-state index contributed by atoms with van der Waals surface area (Å²) in [5, 5.41) is 0.727. The highest BCUT2D eigenvalue weighted by atomic mass is 35.5. The smallest absolute Gasteiger partial charge is 0.255 e. The fourth-order valence-electron chi connectivity index (χ4n) is 3.36. The molecule has 0 aliphatic carbocycles. The topological polar surface area (TPSA) is 83.6 Å². The number of halogens is 2. The first kappa shape index (κ1) is 21.6. The van der Waals surface area contributed by atoms with Crippen LogP contribution in [0.15, 0.2) is 42.5 Å². The first-order valence-corrected chi connectivity index (χ1v) is 11.7. The van der Waals surface area contributed by atoms with Gasteiger partial charge in [0, 0.05) is 24.6 Å². The lowest BCUT2D eigenvalue weighted by Gasteiger charge is -2.32. The number of Topliss-reactive ketones (excluding diaryl/α,β-unsaturated/α-hetero) is 1. The number of benzene rings is 2. The number of anilines is 1. The minimum Gasteiger partial charge on any atom is -0.339 e. The summed E-state index contributed by atoms with van der Waals surface area (Å²) in [7, 11) is -3.51. The number of hydrogen-bond donors (Lipinski definition) is 1. The number of amides is 1. The van der Waals surface area contributed by atoms with Crippen LogP contribution in [0.4, 0.5) is 5.69 Å². The largest absolute Gasteiger partial charge is 0.339 e. The van der Waals surface area contributed by atoms with Crippen LogP contribution in [0.25, 0.3) is 0 Å². The van der Waals surface area contributed by atoms with Gasteiger partial charge in [0.05, 0.1) is 27.6 Å². The number of rotatable bonds is 5. The Labute approximate surface area is 179 Å². The molecule has 1 N–H and O–H groups in total. The number of nitrogens with zero attached hydrogens (tertiary/aromatic N) is 1. The van der Waals surface area contributed by atoms with Gasteiger partial charge in [-0.15, -0.1) is 0 Å². The molecule has 1 fully saturated rings. The van der Waals surface area contributed by atoms with Crippen molar-refractivity contribution in [3.05, 3.63) is 63.6 Å². The number of hydrogen-bond acceptors (Lipinski definition) is 4. The van der Waals surface area contributed by atoms with Gasteiger partial charge in [-0.25, -0.2) is 8.42 Å². The van der Waals surface area contributed by atoms with E-state index in [9.17, 15) is 18.0 Å². The van der Waals surface area contributed by atoms with Crippen molar-refractivity contribution in [2.24, 2.45) is 5.92 Å². The monoisotopic (exact) mass is 454 g/mol. The SMILES string of the molecule is CS(=O)(=O)Nc1ccccc1C(=O)N1CCC(C(=O)c2ccc(Cl)c(Cl)c2)CC1. The Balaban J connectivity index is 1.69. The summed E-state index contributed by atoms with van der Waals surface area (Å²) < 4.78 is 25.5. The molecular formula is C20H20Cl2N2O4S. The maximum atomic E-state index is 12.9. The van der Waals surface area contributed by atoms with Crippen LogP contribution in [0.3, 0.4) is 0 Å². The Bertz CT molecular complexity index is 1050. The van der Waals surface area contributed by atoms with Crippen LogP contribution in [0.5, 0.6) is 0 Å². The molecule has 9 heteroatoms. The van der Waals surface area contributed by atoms with Crippen molar-refractivity contribution in [1.82, 2.24) is 4.90 Å². The van der Waals surface area contributed by atoms with Gasteiger partial charge in [-0.2, -0.15) is 0 Å². The van der Waals surface area contributed by atoms with Crippen molar-refractivity contribution in [1.29, 1.82) is 0 Å². The number of carbonyl (C=O) groups excluding carboxylic acids is 2. The van der Waals surface area contributed by atoms with Gasteiger partial charge in [0.15, 0.2) is 5.78 Å². The normalized spacial score (nSPS) is 15.2. The molecule has 6 nitrogen and oxygen atoms in total. The van der Waals surface area contributed by atoms with E-state index in [2.05, 4.69) is 4.72 Å². The minimum atomic E-state index is -3.51. The Hall–Kier alpha value is -2.09. The van der Waals surface area contributed by atoms with E-state index >= 15 is 0 Å². The molecule has 154 valence electrons. The van der Waals surface area contributed by atoms with Crippen LogP contribution in [0, 0.1) is 5.92 Å². The lowest BCUT2D eigenvalue weighted by atomic mass is 9.88. The fraction of sp³-hybridized carbons (Fsp3) is 0.300. The molecule has 0 unspecified atom stereocenters. The van der Waals surface area contributed by atoms with E-state index in [1.54, 1.807) is 47.4 Å². The predicted molar refractivity (Wildman–Crippen MR) is 114 cm³/mol. The zero-order valence-corrected chi connectivity index (χ0v) is 18.0. The first-order valence-electron chi connectivity index (χ1n) is 9.01. The molecule has 29 heavy (non-hydrogen) atoms. The maximum Gasteiger partial charge on any atom is 0.255 e. The molecule has 1 heterocycles. The summed E-state index contributed by atoms with van der Waals surface area (Å²) in [6, 6.07) is 11.3. The highest BCUT2D eigenvalue weighted by Gasteiger charge is 2.29. The van der Waals surface area contributed by atoms with Gasteiger partial charge >= 0.3 is 0 Å². The molecule has 0 atom stereocenters. The standard InChI is InChI=1S/C20H20Cl2N2O4S/c1-29(27,28)23-18-5-3-2-4-15(18)20(26)24-10-8-13(9-11-24)19(25)14-6-7-16(21)17(22)12-14/h2-7,12-13,23H,8-11H2,1H3. The van der Waals surface area contributed by atoms with Gasteiger partial charge in [0.1, 0.15) is 0 Å². The van der Waals surface area contributed by atoms with Gasteiger partial charge in [0.25, 0.3) is 5.91 Å². The van der Waals surface area contributed by atoms with E-state index in [4.69, 9.17) is 23.2 Å². The third kappa shape index (κ3) is 5.29. The number of sulfonamides is 1. The molecule has 1 aliphatic rings. The average molecular weight is 455 g/mol. The molecule has 1 saturated heterocycles. The molecule has 1 amide bonds. The quantitative estimate of drug-likeness (QED) is 0.689. The minimum absolute atomic E-state index is 0.0187. The molecule has 1 aliphatic heterocycles. The molecule has 2 aromatic rings. The second-order valence-corrected chi connectivity index (χ2v) is 9.54. The summed E-state index contributed by atoms with van der Waals surface area (Å²) in [5.74, 6) is -0.493. The molecule has 0 spiro atoms. The van der Waals surface area contributed by atoms with Crippen LogP contribution >= 0.6 is 23.2 Å². The molecule has 0 radical (unpaired) electrons. The first-order chi connectivity index (χ1) is 13.7. The zero-order valence-electron chi connectivity index (χ0n) is 15.7. The van der Waals surface area contributed by atoms with E-state index < -0.39 is 10.0 Å². The number of para-hydroxylation sites is 1. The van der Waals surface area contributed by atoms with Crippen LogP contribution in [0.1, 0.15) is 33.6 Å². The predicted octanol–water partition coefficient (Wildman–Crippen LogP) is 4.10. The van der Waals surface area contributed by atoms with Crippen molar-refractivity contribution < 1.29 is 18.0 Å². The molecule has 0 aromatic heterocycles. The molecule has 3 rings (SSSR count). The van der Waals surface area contributed by atoms with Crippen molar-refractivity contribution >= 4 is 50.6 Å². The van der Waals surface area contributed by atoms with Crippen molar-refractivity contribution in [3.63, 3.8) is 0 Å². The van der Waals surface area contributed by atoms with E-state index in [1.165, 1.54) is 0 Å². The zero-order chi connectivity index (χ0) is 21.2. The number of carbonyl (C=O) groups is 2. The van der Waals surface area contributed by atoms with E-state index in [0.29, 0.717) is 41.5 Å².